The van der Waals surface area contributed by atoms with Crippen LogP contribution >= 0.6 is 0 Å². The minimum absolute atomic E-state index is 0.0304. The zero-order chi connectivity index (χ0) is 29.1. The van der Waals surface area contributed by atoms with Gasteiger partial charge in [0.25, 0.3) is 0 Å². The quantitative estimate of drug-likeness (QED) is 0.490. The van der Waals surface area contributed by atoms with Gasteiger partial charge in [-0.2, -0.15) is 0 Å². The van der Waals surface area contributed by atoms with Crippen LogP contribution in [0, 0.1) is 11.6 Å². The lowest BCUT2D eigenvalue weighted by molar-refractivity contribution is -0.137. The molecule has 1 aromatic carbocycles. The van der Waals surface area contributed by atoms with Crippen molar-refractivity contribution in [3.63, 3.8) is 0 Å². The first-order chi connectivity index (χ1) is 19.8. The molecule has 1 saturated heterocycles. The van der Waals surface area contributed by atoms with E-state index in [1.807, 2.05) is 18.3 Å². The van der Waals surface area contributed by atoms with Crippen molar-refractivity contribution in [2.24, 2.45) is 0 Å². The van der Waals surface area contributed by atoms with Gasteiger partial charge in [0.2, 0.25) is 0 Å². The van der Waals surface area contributed by atoms with Crippen LogP contribution < -0.4 is 10.6 Å². The first kappa shape index (κ1) is 28.6. The fourth-order valence-corrected chi connectivity index (χ4v) is 5.98. The molecule has 12 heteroatoms. The van der Waals surface area contributed by atoms with E-state index in [2.05, 4.69) is 26.6 Å². The Labute approximate surface area is 236 Å². The Morgan fingerprint density at radius 3 is 2.46 bits per heavy atom. The highest BCUT2D eigenvalue weighted by atomic mass is 19.2. The third-order valence-electron chi connectivity index (χ3n) is 8.06. The molecule has 0 unspecified atom stereocenters. The van der Waals surface area contributed by atoms with Gasteiger partial charge in [0.05, 0.1) is 31.0 Å². The second kappa shape index (κ2) is 12.3. The number of carbonyl (C=O) groups is 3. The average Bonchev–Trinajstić information content (AvgIpc) is 2.96. The van der Waals surface area contributed by atoms with E-state index >= 15 is 0 Å². The summed E-state index contributed by atoms with van der Waals surface area (Å²) in [5, 5.41) is 5.39. The zero-order valence-electron chi connectivity index (χ0n) is 22.9. The number of amides is 4. The topological polar surface area (TPSA) is 113 Å². The summed E-state index contributed by atoms with van der Waals surface area (Å²) in [6, 6.07) is 6.19. The van der Waals surface area contributed by atoms with Crippen LogP contribution in [0.2, 0.25) is 0 Å². The molecular weight excluding hydrogens is 536 g/mol. The van der Waals surface area contributed by atoms with E-state index in [9.17, 15) is 23.2 Å². The fourth-order valence-electron chi connectivity index (χ4n) is 5.98. The maximum atomic E-state index is 14.3. The van der Waals surface area contributed by atoms with Crippen LogP contribution in [-0.4, -0.2) is 78.8 Å². The smallest absolute Gasteiger partial charge is 0.338 e. The Bertz CT molecular complexity index is 1330. The highest BCUT2D eigenvalue weighted by molar-refractivity contribution is 6.01. The summed E-state index contributed by atoms with van der Waals surface area (Å²) in [6.07, 6.45) is 5.98. The van der Waals surface area contributed by atoms with Crippen molar-refractivity contribution in [2.45, 2.75) is 49.7 Å². The number of nitrogens with one attached hydrogen (secondary N) is 2. The van der Waals surface area contributed by atoms with Gasteiger partial charge in [-0.3, -0.25) is 9.88 Å². The van der Waals surface area contributed by atoms with E-state index in [0.717, 1.165) is 55.5 Å². The molecule has 1 atom stereocenters. The third-order valence-corrected chi connectivity index (χ3v) is 8.06. The van der Waals surface area contributed by atoms with Crippen LogP contribution in [0.1, 0.15) is 48.9 Å². The van der Waals surface area contributed by atoms with Gasteiger partial charge >= 0.3 is 18.0 Å². The number of carbonyl (C=O) groups excluding carboxylic acids is 3. The standard InChI is InChI=1S/C29H33F2N5O5/c1-40-16-24-25(27(37)41-2)26(18-8-11-21(30)22(31)13-18)36(29(39)34-24)28(38)33-19-14-35(15-19)20-9-6-17(7-10-20)23-5-3-4-12-32-23/h3-5,8,11-13,17,19-20,26H,6-7,9-10,14-16H2,1-2H3,(H,33,38)(H,34,39)/t17?,20?,26-/m0/s1. The van der Waals surface area contributed by atoms with Crippen LogP contribution in [0.4, 0.5) is 18.4 Å². The van der Waals surface area contributed by atoms with Crippen molar-refractivity contribution in [3.8, 4) is 0 Å². The van der Waals surface area contributed by atoms with Gasteiger partial charge in [-0.05, 0) is 55.5 Å². The van der Waals surface area contributed by atoms with Gasteiger partial charge in [-0.1, -0.05) is 12.1 Å². The molecule has 3 heterocycles. The van der Waals surface area contributed by atoms with Crippen molar-refractivity contribution < 1.29 is 32.6 Å². The lowest BCUT2D eigenvalue weighted by Gasteiger charge is -2.47. The van der Waals surface area contributed by atoms with Gasteiger partial charge < -0.3 is 20.1 Å². The fraction of sp³-hybridized carbons (Fsp3) is 0.448. The number of ether oxygens (including phenoxy) is 2. The van der Waals surface area contributed by atoms with Crippen LogP contribution in [-0.2, 0) is 14.3 Å². The number of benzene rings is 1. The number of hydrogen-bond donors (Lipinski definition) is 2. The maximum Gasteiger partial charge on any atom is 0.338 e. The van der Waals surface area contributed by atoms with Crippen LogP contribution in [0.25, 0.3) is 0 Å². The largest absolute Gasteiger partial charge is 0.466 e. The summed E-state index contributed by atoms with van der Waals surface area (Å²) < 4.78 is 38.1. The SMILES string of the molecule is COCC1=C(C(=O)OC)[C@H](c2ccc(F)c(F)c2)N(C(=O)NC2CN(C3CCC(c4ccccn4)CC3)C2)C(=O)N1. The number of imide groups is 1. The molecule has 2 fully saturated rings. The maximum absolute atomic E-state index is 14.3. The second-order valence-electron chi connectivity index (χ2n) is 10.6. The molecule has 2 N–H and O–H groups in total. The van der Waals surface area contributed by atoms with Crippen molar-refractivity contribution >= 4 is 18.0 Å². The predicted octanol–water partition coefficient (Wildman–Crippen LogP) is 3.62. The average molecular weight is 570 g/mol. The van der Waals surface area contributed by atoms with Crippen molar-refractivity contribution in [1.29, 1.82) is 0 Å². The van der Waals surface area contributed by atoms with Crippen LogP contribution in [0.15, 0.2) is 53.9 Å². The molecule has 0 bridgehead atoms. The summed E-state index contributed by atoms with van der Waals surface area (Å²) in [5.41, 5.74) is 1.11. The van der Waals surface area contributed by atoms with E-state index < -0.39 is 35.7 Å². The molecule has 218 valence electrons. The number of aromatic nitrogens is 1. The summed E-state index contributed by atoms with van der Waals surface area (Å²) in [5.74, 6) is -2.68. The van der Waals surface area contributed by atoms with E-state index in [4.69, 9.17) is 9.47 Å². The molecule has 3 aliphatic rings. The molecule has 41 heavy (non-hydrogen) atoms. The Kier molecular flexibility index (Phi) is 8.60. The van der Waals surface area contributed by atoms with Gasteiger partial charge in [0.15, 0.2) is 11.6 Å². The summed E-state index contributed by atoms with van der Waals surface area (Å²) >= 11 is 0. The molecule has 1 aromatic heterocycles. The Morgan fingerprint density at radius 2 is 1.83 bits per heavy atom. The number of esters is 1. The van der Waals surface area contributed by atoms with Crippen molar-refractivity contribution in [2.75, 3.05) is 33.9 Å². The number of nitrogens with zero attached hydrogens (tertiary/aromatic N) is 3. The predicted molar refractivity (Wildman–Crippen MR) is 144 cm³/mol. The minimum Gasteiger partial charge on any atom is -0.466 e. The Morgan fingerprint density at radius 1 is 1.07 bits per heavy atom. The minimum atomic E-state index is -1.37. The van der Waals surface area contributed by atoms with Gasteiger partial charge in [-0.15, -0.1) is 0 Å². The van der Waals surface area contributed by atoms with Crippen molar-refractivity contribution in [3.05, 3.63) is 76.8 Å². The van der Waals surface area contributed by atoms with E-state index in [-0.39, 0.29) is 29.5 Å². The molecule has 0 spiro atoms. The first-order valence-corrected chi connectivity index (χ1v) is 13.6. The highest BCUT2D eigenvalue weighted by Crippen LogP contribution is 2.37. The first-order valence-electron chi connectivity index (χ1n) is 13.6. The lowest BCUT2D eigenvalue weighted by atomic mass is 9.82. The van der Waals surface area contributed by atoms with E-state index in [1.165, 1.54) is 13.2 Å². The number of methoxy groups -OCH3 is 2. The molecule has 4 amide bonds. The number of urea groups is 2. The second-order valence-corrected chi connectivity index (χ2v) is 10.6. The van der Waals surface area contributed by atoms with E-state index in [0.29, 0.717) is 25.0 Å². The summed E-state index contributed by atoms with van der Waals surface area (Å²) in [4.78, 5) is 47.2. The number of likely N-dealkylation sites (tertiary alicyclic amines) is 1. The number of rotatable bonds is 7. The summed E-state index contributed by atoms with van der Waals surface area (Å²) in [6.45, 7) is 1.06. The van der Waals surface area contributed by atoms with Crippen molar-refractivity contribution in [1.82, 2.24) is 25.4 Å². The molecule has 2 aromatic rings. The van der Waals surface area contributed by atoms with Gasteiger partial charge in [0, 0.05) is 44.0 Å². The summed E-state index contributed by atoms with van der Waals surface area (Å²) in [7, 11) is 2.52. The number of hydrogen-bond acceptors (Lipinski definition) is 7. The number of pyridine rings is 1. The normalized spacial score (nSPS) is 23.6. The number of halogens is 2. The Hall–Kier alpha value is -3.90. The molecule has 2 aliphatic heterocycles. The van der Waals surface area contributed by atoms with Gasteiger partial charge in [-0.25, -0.2) is 28.1 Å². The monoisotopic (exact) mass is 569 g/mol. The zero-order valence-corrected chi connectivity index (χ0v) is 22.9. The van der Waals surface area contributed by atoms with Crippen LogP contribution in [0.5, 0.6) is 0 Å². The van der Waals surface area contributed by atoms with E-state index in [1.54, 1.807) is 0 Å². The Balaban J connectivity index is 1.28. The molecule has 5 rings (SSSR count). The molecule has 1 aliphatic carbocycles. The van der Waals surface area contributed by atoms with Crippen LogP contribution in [0.3, 0.4) is 0 Å². The highest BCUT2D eigenvalue weighted by Gasteiger charge is 2.45. The molecule has 0 radical (unpaired) electrons. The molecule has 1 saturated carbocycles. The molecular formula is C29H33F2N5O5. The lowest BCUT2D eigenvalue weighted by Crippen LogP contribution is -2.65. The third kappa shape index (κ3) is 5.94. The molecule has 10 nitrogen and oxygen atoms in total. The van der Waals surface area contributed by atoms with Gasteiger partial charge in [0.1, 0.15) is 6.04 Å².